The average molecular weight is 297 g/mol. The van der Waals surface area contributed by atoms with Gasteiger partial charge in [0.1, 0.15) is 6.04 Å². The Balaban J connectivity index is 2.14. The lowest BCUT2D eigenvalue weighted by atomic mass is 10.2. The van der Waals surface area contributed by atoms with Gasteiger partial charge in [0.05, 0.1) is 13.7 Å². The highest BCUT2D eigenvalue weighted by Crippen LogP contribution is 2.25. The van der Waals surface area contributed by atoms with Crippen molar-refractivity contribution >= 4 is 17.9 Å². The number of rotatable bonds is 2. The molecule has 0 bridgehead atoms. The zero-order valence-corrected chi connectivity index (χ0v) is 12.3. The number of hydrogen-bond acceptors (Lipinski definition) is 5. The smallest absolute Gasteiger partial charge is 0.343 e. The van der Waals surface area contributed by atoms with Gasteiger partial charge in [-0.15, -0.1) is 0 Å². The van der Waals surface area contributed by atoms with Crippen molar-refractivity contribution in [1.29, 1.82) is 0 Å². The molecule has 3 amide bonds. The van der Waals surface area contributed by atoms with Gasteiger partial charge < -0.3 is 9.64 Å². The molecule has 0 aromatic heterocycles. The molecule has 1 saturated heterocycles. The van der Waals surface area contributed by atoms with E-state index in [0.29, 0.717) is 13.0 Å². The molecule has 0 saturated carbocycles. The molecule has 21 heavy (non-hydrogen) atoms. The van der Waals surface area contributed by atoms with Crippen LogP contribution in [0.5, 0.6) is 0 Å². The molecule has 116 valence electrons. The molecule has 2 heterocycles. The van der Waals surface area contributed by atoms with Crippen molar-refractivity contribution < 1.29 is 24.0 Å². The van der Waals surface area contributed by atoms with Crippen molar-refractivity contribution in [3.63, 3.8) is 0 Å². The van der Waals surface area contributed by atoms with Crippen molar-refractivity contribution in [2.75, 3.05) is 27.7 Å². The third-order valence-electron chi connectivity index (χ3n) is 3.41. The van der Waals surface area contributed by atoms with E-state index >= 15 is 0 Å². The van der Waals surface area contributed by atoms with Gasteiger partial charge in [-0.3, -0.25) is 9.69 Å². The maximum absolute atomic E-state index is 12.0. The number of carbonyl (C=O) groups is 3. The fraction of sp³-hybridized carbons (Fsp3) is 0.615. The molecule has 8 nitrogen and oxygen atoms in total. The summed E-state index contributed by atoms with van der Waals surface area (Å²) in [6, 6.07) is -1.00. The zero-order valence-electron chi connectivity index (χ0n) is 12.3. The molecule has 1 fully saturated rings. The summed E-state index contributed by atoms with van der Waals surface area (Å²) in [4.78, 5) is 43.9. The molecule has 2 rings (SSSR count). The number of likely N-dealkylation sites (tertiary alicyclic amines) is 1. The van der Waals surface area contributed by atoms with Gasteiger partial charge in [-0.05, 0) is 12.5 Å². The Morgan fingerprint density at radius 3 is 2.76 bits per heavy atom. The first kappa shape index (κ1) is 15.3. The largest absolute Gasteiger partial charge is 0.467 e. The molecule has 0 N–H and O–H groups in total. The van der Waals surface area contributed by atoms with Crippen molar-refractivity contribution in [1.82, 2.24) is 14.9 Å². The van der Waals surface area contributed by atoms with Crippen LogP contribution >= 0.6 is 0 Å². The van der Waals surface area contributed by atoms with Crippen LogP contribution < -0.4 is 0 Å². The van der Waals surface area contributed by atoms with Crippen LogP contribution in [0.15, 0.2) is 12.2 Å². The summed E-state index contributed by atoms with van der Waals surface area (Å²) in [5.41, 5.74) is 0. The summed E-state index contributed by atoms with van der Waals surface area (Å²) in [5.74, 6) is -0.673. The van der Waals surface area contributed by atoms with Crippen LogP contribution in [-0.2, 0) is 19.2 Å². The second-order valence-electron chi connectivity index (χ2n) is 5.04. The Hall–Kier alpha value is -2.09. The van der Waals surface area contributed by atoms with Crippen LogP contribution in [0.25, 0.3) is 0 Å². The number of nitrogens with zero attached hydrogens (tertiary/aromatic N) is 3. The SMILES string of the molecule is COC(=O)[C@@H]1CCC(=O)N1[C@@H]1C=CCN(C(=O)N(C)C)O1. The van der Waals surface area contributed by atoms with E-state index in [9.17, 15) is 14.4 Å². The molecule has 0 aromatic rings. The predicted octanol–water partition coefficient (Wildman–Crippen LogP) is -0.0385. The maximum Gasteiger partial charge on any atom is 0.343 e. The van der Waals surface area contributed by atoms with E-state index in [1.54, 1.807) is 26.2 Å². The maximum atomic E-state index is 12.0. The quantitative estimate of drug-likeness (QED) is 0.528. The third kappa shape index (κ3) is 2.99. The molecule has 0 radical (unpaired) electrons. The second kappa shape index (κ2) is 6.13. The minimum Gasteiger partial charge on any atom is -0.467 e. The Morgan fingerprint density at radius 2 is 2.14 bits per heavy atom. The highest BCUT2D eigenvalue weighted by atomic mass is 16.7. The van der Waals surface area contributed by atoms with E-state index in [0.717, 1.165) is 5.06 Å². The van der Waals surface area contributed by atoms with Crippen molar-refractivity contribution in [3.05, 3.63) is 12.2 Å². The first-order valence-corrected chi connectivity index (χ1v) is 6.67. The third-order valence-corrected chi connectivity index (χ3v) is 3.41. The molecule has 0 unspecified atom stereocenters. The second-order valence-corrected chi connectivity index (χ2v) is 5.04. The van der Waals surface area contributed by atoms with Gasteiger partial charge in [-0.1, -0.05) is 6.08 Å². The topological polar surface area (TPSA) is 79.4 Å². The number of carbonyl (C=O) groups excluding carboxylic acids is 3. The van der Waals surface area contributed by atoms with Crippen LogP contribution in [0.3, 0.4) is 0 Å². The van der Waals surface area contributed by atoms with Gasteiger partial charge in [0.15, 0.2) is 6.23 Å². The minimum atomic E-state index is -0.776. The summed E-state index contributed by atoms with van der Waals surface area (Å²) in [7, 11) is 4.50. The van der Waals surface area contributed by atoms with Gasteiger partial charge in [0.25, 0.3) is 0 Å². The summed E-state index contributed by atoms with van der Waals surface area (Å²) in [6.07, 6.45) is 3.27. The Kier molecular flexibility index (Phi) is 4.46. The van der Waals surface area contributed by atoms with Gasteiger partial charge >= 0.3 is 12.0 Å². The van der Waals surface area contributed by atoms with Crippen LogP contribution in [0.1, 0.15) is 12.8 Å². The highest BCUT2D eigenvalue weighted by molar-refractivity contribution is 5.88. The number of ether oxygens (including phenoxy) is 1. The molecule has 2 atom stereocenters. The first-order chi connectivity index (χ1) is 9.95. The monoisotopic (exact) mass is 297 g/mol. The lowest BCUT2D eigenvalue weighted by Crippen LogP contribution is -2.52. The first-order valence-electron chi connectivity index (χ1n) is 6.67. The summed E-state index contributed by atoms with van der Waals surface area (Å²) in [6.45, 7) is 0.290. The fourth-order valence-electron chi connectivity index (χ4n) is 2.36. The standard InChI is InChI=1S/C13H19N3O5/c1-14(2)13(19)15-8-4-5-11(21-15)16-9(12(18)20-3)6-7-10(16)17/h4-5,9,11H,6-8H2,1-3H3/t9-,11-/m0/s1. The Morgan fingerprint density at radius 1 is 1.43 bits per heavy atom. The van der Waals surface area contributed by atoms with E-state index in [2.05, 4.69) is 0 Å². The number of urea groups is 1. The van der Waals surface area contributed by atoms with Crippen molar-refractivity contribution in [2.24, 2.45) is 0 Å². The number of hydroxylamine groups is 2. The molecule has 0 aliphatic carbocycles. The molecule has 0 spiro atoms. The molecule has 2 aliphatic rings. The number of amides is 3. The molecular formula is C13H19N3O5. The molecule has 8 heteroatoms. The predicted molar refractivity (Wildman–Crippen MR) is 71.7 cm³/mol. The summed E-state index contributed by atoms with van der Waals surface area (Å²) >= 11 is 0. The van der Waals surface area contributed by atoms with E-state index in [1.165, 1.54) is 16.9 Å². The van der Waals surface area contributed by atoms with Crippen LogP contribution in [0.2, 0.25) is 0 Å². The van der Waals surface area contributed by atoms with Gasteiger partial charge in [0, 0.05) is 20.5 Å². The van der Waals surface area contributed by atoms with Crippen molar-refractivity contribution in [2.45, 2.75) is 25.1 Å². The van der Waals surface area contributed by atoms with Gasteiger partial charge in [-0.2, -0.15) is 5.06 Å². The lowest BCUT2D eigenvalue weighted by molar-refractivity contribution is -0.204. The number of esters is 1. The Bertz CT molecular complexity index is 476. The normalized spacial score (nSPS) is 25.2. The number of methoxy groups -OCH3 is 1. The summed E-state index contributed by atoms with van der Waals surface area (Å²) in [5, 5.41) is 1.16. The van der Waals surface area contributed by atoms with Crippen LogP contribution in [0, 0.1) is 0 Å². The molecular weight excluding hydrogens is 278 g/mol. The van der Waals surface area contributed by atoms with E-state index in [1.807, 2.05) is 0 Å². The Labute approximate surface area is 122 Å². The van der Waals surface area contributed by atoms with E-state index in [4.69, 9.17) is 9.57 Å². The molecule has 2 aliphatic heterocycles. The fourth-order valence-corrected chi connectivity index (χ4v) is 2.36. The molecule has 0 aromatic carbocycles. The minimum absolute atomic E-state index is 0.195. The van der Waals surface area contributed by atoms with Gasteiger partial charge in [0.2, 0.25) is 5.91 Å². The average Bonchev–Trinajstić information content (AvgIpc) is 2.87. The summed E-state index contributed by atoms with van der Waals surface area (Å²) < 4.78 is 4.71. The van der Waals surface area contributed by atoms with Crippen LogP contribution in [0.4, 0.5) is 4.79 Å². The van der Waals surface area contributed by atoms with Gasteiger partial charge in [-0.25, -0.2) is 14.4 Å². The van der Waals surface area contributed by atoms with E-state index < -0.39 is 18.2 Å². The number of hydrogen-bond donors (Lipinski definition) is 0. The van der Waals surface area contributed by atoms with E-state index in [-0.39, 0.29) is 18.4 Å². The lowest BCUT2D eigenvalue weighted by Gasteiger charge is -2.36. The highest BCUT2D eigenvalue weighted by Gasteiger charge is 2.42. The zero-order chi connectivity index (χ0) is 15.6. The van der Waals surface area contributed by atoms with Crippen molar-refractivity contribution in [3.8, 4) is 0 Å². The van der Waals surface area contributed by atoms with Crippen LogP contribution in [-0.4, -0.2) is 72.8 Å².